The zero-order chi connectivity index (χ0) is 23.3. The van der Waals surface area contributed by atoms with Gasteiger partial charge in [-0.3, -0.25) is 9.52 Å². The van der Waals surface area contributed by atoms with Crippen LogP contribution in [-0.2, 0) is 32.7 Å². The van der Waals surface area contributed by atoms with Gasteiger partial charge in [0.2, 0.25) is 10.0 Å². The fourth-order valence-electron chi connectivity index (χ4n) is 3.86. The van der Waals surface area contributed by atoms with Crippen LogP contribution in [-0.4, -0.2) is 44.5 Å². The summed E-state index contributed by atoms with van der Waals surface area (Å²) in [6.07, 6.45) is 2.25. The zero-order valence-corrected chi connectivity index (χ0v) is 19.1. The fourth-order valence-corrected chi connectivity index (χ4v) is 5.30. The molecule has 0 spiro atoms. The van der Waals surface area contributed by atoms with Crippen molar-refractivity contribution in [2.75, 3.05) is 16.7 Å². The molecule has 1 amide bonds. The Morgan fingerprint density at radius 2 is 1.78 bits per heavy atom. The molecular formula is C21H22N4O5S2. The van der Waals surface area contributed by atoms with Gasteiger partial charge in [-0.25, -0.2) is 21.5 Å². The van der Waals surface area contributed by atoms with E-state index in [1.807, 2.05) is 6.07 Å². The third-order valence-corrected chi connectivity index (χ3v) is 7.71. The Labute approximate surface area is 186 Å². The van der Waals surface area contributed by atoms with E-state index in [2.05, 4.69) is 9.82 Å². The van der Waals surface area contributed by atoms with Crippen LogP contribution in [0.5, 0.6) is 0 Å². The number of carbonyl (C=O) groups excluding carboxylic acids is 1. The second-order valence-corrected chi connectivity index (χ2v) is 11.6. The average molecular weight is 475 g/mol. The van der Waals surface area contributed by atoms with Gasteiger partial charge in [0.15, 0.2) is 15.5 Å². The molecule has 1 heterocycles. The highest BCUT2D eigenvalue weighted by Crippen LogP contribution is 2.38. The molecule has 3 N–H and O–H groups in total. The van der Waals surface area contributed by atoms with Crippen molar-refractivity contribution in [2.24, 2.45) is 5.73 Å². The monoisotopic (exact) mass is 474 g/mol. The SMILES string of the molecule is CCS(=O)(=O)c1ccc(-n2nc(C(N)=O)c3c2-c2cc(NS(C)(=O)=O)ccc2CC3)cc1. The van der Waals surface area contributed by atoms with E-state index >= 15 is 0 Å². The summed E-state index contributed by atoms with van der Waals surface area (Å²) in [7, 11) is -6.84. The van der Waals surface area contributed by atoms with Crippen LogP contribution in [0.15, 0.2) is 47.4 Å². The maximum Gasteiger partial charge on any atom is 0.269 e. The van der Waals surface area contributed by atoms with Crippen LogP contribution in [0.2, 0.25) is 0 Å². The number of sulfone groups is 1. The highest BCUT2D eigenvalue weighted by Gasteiger charge is 2.28. The molecule has 0 saturated carbocycles. The molecule has 0 atom stereocenters. The van der Waals surface area contributed by atoms with Crippen molar-refractivity contribution >= 4 is 31.5 Å². The number of hydrogen-bond donors (Lipinski definition) is 2. The lowest BCUT2D eigenvalue weighted by Crippen LogP contribution is -2.15. The quantitative estimate of drug-likeness (QED) is 0.559. The average Bonchev–Trinajstić information content (AvgIpc) is 3.13. The number of rotatable bonds is 6. The van der Waals surface area contributed by atoms with Crippen LogP contribution in [0.4, 0.5) is 5.69 Å². The Morgan fingerprint density at radius 3 is 2.38 bits per heavy atom. The first-order valence-electron chi connectivity index (χ1n) is 9.86. The van der Waals surface area contributed by atoms with Gasteiger partial charge in [0.25, 0.3) is 5.91 Å². The van der Waals surface area contributed by atoms with Crippen LogP contribution >= 0.6 is 0 Å². The first-order chi connectivity index (χ1) is 15.0. The van der Waals surface area contributed by atoms with Crippen LogP contribution in [0.25, 0.3) is 16.9 Å². The molecule has 0 aliphatic heterocycles. The number of primary amides is 1. The van der Waals surface area contributed by atoms with Crippen molar-refractivity contribution in [3.63, 3.8) is 0 Å². The lowest BCUT2D eigenvalue weighted by atomic mass is 9.88. The van der Waals surface area contributed by atoms with Gasteiger partial charge in [-0.15, -0.1) is 0 Å². The van der Waals surface area contributed by atoms with E-state index in [9.17, 15) is 21.6 Å². The van der Waals surface area contributed by atoms with Crippen molar-refractivity contribution in [3.05, 3.63) is 59.3 Å². The first kappa shape index (κ1) is 22.0. The summed E-state index contributed by atoms with van der Waals surface area (Å²) < 4.78 is 51.7. The van der Waals surface area contributed by atoms with Crippen LogP contribution in [0.3, 0.4) is 0 Å². The summed E-state index contributed by atoms with van der Waals surface area (Å²) >= 11 is 0. The molecule has 168 valence electrons. The molecule has 2 aromatic carbocycles. The largest absolute Gasteiger partial charge is 0.364 e. The van der Waals surface area contributed by atoms with Crippen molar-refractivity contribution in [3.8, 4) is 16.9 Å². The van der Waals surface area contributed by atoms with Crippen molar-refractivity contribution in [1.29, 1.82) is 0 Å². The first-order valence-corrected chi connectivity index (χ1v) is 13.4. The van der Waals surface area contributed by atoms with Crippen molar-refractivity contribution in [2.45, 2.75) is 24.7 Å². The Balaban J connectivity index is 1.91. The van der Waals surface area contributed by atoms with Gasteiger partial charge in [-0.05, 0) is 54.8 Å². The normalized spacial score (nSPS) is 13.3. The topological polar surface area (TPSA) is 141 Å². The molecule has 32 heavy (non-hydrogen) atoms. The highest BCUT2D eigenvalue weighted by atomic mass is 32.2. The minimum Gasteiger partial charge on any atom is -0.364 e. The predicted octanol–water partition coefficient (Wildman–Crippen LogP) is 1.90. The number of benzene rings is 2. The van der Waals surface area contributed by atoms with Gasteiger partial charge >= 0.3 is 0 Å². The van der Waals surface area contributed by atoms with E-state index in [-0.39, 0.29) is 16.3 Å². The van der Waals surface area contributed by atoms with Crippen LogP contribution in [0, 0.1) is 0 Å². The second-order valence-electron chi connectivity index (χ2n) is 7.60. The molecular weight excluding hydrogens is 452 g/mol. The van der Waals surface area contributed by atoms with Gasteiger partial charge in [-0.1, -0.05) is 13.0 Å². The van der Waals surface area contributed by atoms with E-state index in [4.69, 9.17) is 5.73 Å². The van der Waals surface area contributed by atoms with Crippen LogP contribution in [0.1, 0.15) is 28.5 Å². The van der Waals surface area contributed by atoms with Gasteiger partial charge in [0.1, 0.15) is 0 Å². The third kappa shape index (κ3) is 4.00. The van der Waals surface area contributed by atoms with E-state index in [0.717, 1.165) is 17.4 Å². The zero-order valence-electron chi connectivity index (χ0n) is 17.5. The molecule has 1 aliphatic carbocycles. The minimum atomic E-state index is -3.48. The van der Waals surface area contributed by atoms with Gasteiger partial charge in [0.05, 0.1) is 28.3 Å². The lowest BCUT2D eigenvalue weighted by molar-refractivity contribution is 0.0994. The number of hydrogen-bond acceptors (Lipinski definition) is 6. The maximum absolute atomic E-state index is 12.2. The highest BCUT2D eigenvalue weighted by molar-refractivity contribution is 7.92. The molecule has 9 nitrogen and oxygen atoms in total. The molecule has 3 aromatic rings. The minimum absolute atomic E-state index is 0.0151. The third-order valence-electron chi connectivity index (χ3n) is 5.35. The Hall–Kier alpha value is -3.18. The number of anilines is 1. The molecule has 1 aliphatic rings. The van der Waals surface area contributed by atoms with E-state index in [1.165, 1.54) is 12.1 Å². The molecule has 0 bridgehead atoms. The van der Waals surface area contributed by atoms with Gasteiger partial charge in [-0.2, -0.15) is 5.10 Å². The number of sulfonamides is 1. The van der Waals surface area contributed by atoms with Gasteiger partial charge in [0, 0.05) is 16.8 Å². The number of nitrogens with two attached hydrogens (primary N) is 1. The van der Waals surface area contributed by atoms with Crippen LogP contribution < -0.4 is 10.5 Å². The number of nitrogens with zero attached hydrogens (tertiary/aromatic N) is 2. The van der Waals surface area contributed by atoms with Crippen molar-refractivity contribution in [1.82, 2.24) is 9.78 Å². The van der Waals surface area contributed by atoms with Gasteiger partial charge < -0.3 is 5.73 Å². The molecule has 0 radical (unpaired) electrons. The Morgan fingerprint density at radius 1 is 1.09 bits per heavy atom. The molecule has 1 aromatic heterocycles. The molecule has 0 fully saturated rings. The Bertz CT molecular complexity index is 1440. The predicted molar refractivity (Wildman–Crippen MR) is 121 cm³/mol. The molecule has 0 unspecified atom stereocenters. The fraction of sp³-hybridized carbons (Fsp3) is 0.238. The summed E-state index contributed by atoms with van der Waals surface area (Å²) in [5.41, 5.74) is 9.65. The number of nitrogens with one attached hydrogen (secondary N) is 1. The van der Waals surface area contributed by atoms with E-state index in [0.29, 0.717) is 35.5 Å². The van der Waals surface area contributed by atoms with E-state index in [1.54, 1.807) is 35.9 Å². The summed E-state index contributed by atoms with van der Waals surface area (Å²) in [6, 6.07) is 11.5. The molecule has 11 heteroatoms. The number of amides is 1. The van der Waals surface area contributed by atoms with Crippen molar-refractivity contribution < 1.29 is 21.6 Å². The molecule has 0 saturated heterocycles. The Kier molecular flexibility index (Phi) is 5.33. The standard InChI is InChI=1S/C21H22N4O5S2/c1-3-32(29,30)16-9-7-15(8-10-16)25-20-17(19(23-25)21(22)26)11-5-13-4-6-14(12-18(13)20)24-31(2,27)28/h4,6-10,12,24H,3,5,11H2,1-2H3,(H2,22,26). The number of carbonyl (C=O) groups is 1. The lowest BCUT2D eigenvalue weighted by Gasteiger charge is -2.20. The maximum atomic E-state index is 12.2. The summed E-state index contributed by atoms with van der Waals surface area (Å²) in [6.45, 7) is 1.57. The number of aromatic nitrogens is 2. The smallest absolute Gasteiger partial charge is 0.269 e. The summed E-state index contributed by atoms with van der Waals surface area (Å²) in [5.74, 6) is -0.683. The summed E-state index contributed by atoms with van der Waals surface area (Å²) in [5, 5.41) is 4.43. The number of aryl methyl sites for hydroxylation is 1. The number of fused-ring (bicyclic) bond motifs is 3. The molecule has 4 rings (SSSR count). The second kappa shape index (κ2) is 7.75. The van der Waals surface area contributed by atoms with E-state index < -0.39 is 25.8 Å². The summed E-state index contributed by atoms with van der Waals surface area (Å²) in [4.78, 5) is 12.3.